The van der Waals surface area contributed by atoms with Crippen molar-refractivity contribution in [1.29, 1.82) is 0 Å². The molecule has 3 amide bonds. The number of aryl methyl sites for hydroxylation is 1. The minimum Gasteiger partial charge on any atom is -0.341 e. The number of rotatable bonds is 5. The first kappa shape index (κ1) is 20.9. The second-order valence-electron chi connectivity index (χ2n) is 7.49. The molecule has 0 radical (unpaired) electrons. The number of amides is 3. The van der Waals surface area contributed by atoms with Crippen molar-refractivity contribution in [2.75, 3.05) is 23.7 Å². The molecule has 0 spiro atoms. The third-order valence-electron chi connectivity index (χ3n) is 5.27. The van der Waals surface area contributed by atoms with Crippen LogP contribution in [0.2, 0.25) is 5.02 Å². The number of hydrogen-bond acceptors (Lipinski definition) is 4. The zero-order chi connectivity index (χ0) is 21.8. The molecule has 2 aromatic heterocycles. The summed E-state index contributed by atoms with van der Waals surface area (Å²) in [7, 11) is 0. The third kappa shape index (κ3) is 5.05. The number of piperidine rings is 1. The second-order valence-corrected chi connectivity index (χ2v) is 7.89. The van der Waals surface area contributed by atoms with Gasteiger partial charge in [-0.25, -0.2) is 9.48 Å². The summed E-state index contributed by atoms with van der Waals surface area (Å²) < 4.78 is 3.47. The molecule has 10 heteroatoms. The molecule has 0 bridgehead atoms. The monoisotopic (exact) mass is 441 g/mol. The maximum atomic E-state index is 12.6. The number of halogens is 1. The number of nitrogens with one attached hydrogen (secondary N) is 2. The molecule has 1 aromatic carbocycles. The van der Waals surface area contributed by atoms with E-state index in [2.05, 4.69) is 20.8 Å². The number of urea groups is 1. The Bertz CT molecular complexity index is 1070. The highest BCUT2D eigenvalue weighted by atomic mass is 35.5. The van der Waals surface area contributed by atoms with Crippen LogP contribution in [0.3, 0.4) is 0 Å². The first-order valence-electron chi connectivity index (χ1n) is 10.1. The average Bonchev–Trinajstić information content (AvgIpc) is 3.38. The van der Waals surface area contributed by atoms with Gasteiger partial charge in [0, 0.05) is 25.4 Å². The molecule has 0 unspecified atom stereocenters. The van der Waals surface area contributed by atoms with Crippen LogP contribution >= 0.6 is 11.6 Å². The molecule has 4 rings (SSSR count). The molecular formula is C21H24ClN7O2. The minimum absolute atomic E-state index is 0.0551. The number of para-hydroxylation sites is 1. The summed E-state index contributed by atoms with van der Waals surface area (Å²) in [6.07, 6.45) is 4.98. The van der Waals surface area contributed by atoms with E-state index in [1.807, 2.05) is 28.8 Å². The van der Waals surface area contributed by atoms with Crippen LogP contribution in [-0.4, -0.2) is 49.5 Å². The lowest BCUT2D eigenvalue weighted by Crippen LogP contribution is -2.41. The quantitative estimate of drug-likeness (QED) is 0.632. The van der Waals surface area contributed by atoms with Crippen LogP contribution in [0.5, 0.6) is 0 Å². The maximum absolute atomic E-state index is 12.6. The van der Waals surface area contributed by atoms with Crippen molar-refractivity contribution >= 4 is 35.0 Å². The van der Waals surface area contributed by atoms with Crippen LogP contribution in [0.1, 0.15) is 24.6 Å². The number of aromatic nitrogens is 4. The third-order valence-corrected chi connectivity index (χ3v) is 5.60. The molecule has 162 valence electrons. The largest absolute Gasteiger partial charge is 0.341 e. The van der Waals surface area contributed by atoms with Crippen molar-refractivity contribution in [3.8, 4) is 0 Å². The van der Waals surface area contributed by atoms with Crippen molar-refractivity contribution in [1.82, 2.24) is 24.5 Å². The summed E-state index contributed by atoms with van der Waals surface area (Å²) in [6.45, 7) is 3.41. The average molecular weight is 442 g/mol. The van der Waals surface area contributed by atoms with E-state index >= 15 is 0 Å². The lowest BCUT2D eigenvalue weighted by atomic mass is 10.1. The fraction of sp³-hybridized carbons (Fsp3) is 0.333. The number of anilines is 2. The normalized spacial score (nSPS) is 14.5. The number of carbonyl (C=O) groups is 2. The van der Waals surface area contributed by atoms with Gasteiger partial charge in [-0.05, 0) is 38.0 Å². The van der Waals surface area contributed by atoms with E-state index < -0.39 is 6.03 Å². The van der Waals surface area contributed by atoms with Crippen LogP contribution in [0.25, 0.3) is 0 Å². The van der Waals surface area contributed by atoms with Crippen LogP contribution < -0.4 is 10.6 Å². The fourth-order valence-corrected chi connectivity index (χ4v) is 3.87. The van der Waals surface area contributed by atoms with Crippen LogP contribution in [0, 0.1) is 6.92 Å². The molecule has 0 saturated carbocycles. The predicted octanol–water partition coefficient (Wildman–Crippen LogP) is 3.55. The maximum Gasteiger partial charge on any atom is 0.324 e. The van der Waals surface area contributed by atoms with Gasteiger partial charge < -0.3 is 10.2 Å². The highest BCUT2D eigenvalue weighted by molar-refractivity contribution is 6.33. The van der Waals surface area contributed by atoms with E-state index in [4.69, 9.17) is 11.6 Å². The molecular weight excluding hydrogens is 418 g/mol. The molecule has 1 aliphatic rings. The Hall–Kier alpha value is -3.33. The van der Waals surface area contributed by atoms with Crippen molar-refractivity contribution < 1.29 is 9.59 Å². The molecule has 3 aromatic rings. The first-order chi connectivity index (χ1) is 15.0. The number of likely N-dealkylation sites (tertiary alicyclic amines) is 1. The van der Waals surface area contributed by atoms with E-state index in [1.165, 1.54) is 0 Å². The summed E-state index contributed by atoms with van der Waals surface area (Å²) in [6, 6.07) is 10.4. The Morgan fingerprint density at radius 3 is 2.61 bits per heavy atom. The fourth-order valence-electron chi connectivity index (χ4n) is 3.69. The number of hydrogen-bond donors (Lipinski definition) is 2. The van der Waals surface area contributed by atoms with Crippen molar-refractivity contribution in [2.24, 2.45) is 0 Å². The lowest BCUT2D eigenvalue weighted by molar-refractivity contribution is -0.133. The Kier molecular flexibility index (Phi) is 6.22. The SMILES string of the molecule is Cc1ccn(CC(=O)N2CCC(n3nccc3NC(=O)Nc3ccccc3Cl)CC2)n1. The smallest absolute Gasteiger partial charge is 0.324 e. The number of nitrogens with zero attached hydrogens (tertiary/aromatic N) is 5. The highest BCUT2D eigenvalue weighted by Gasteiger charge is 2.26. The van der Waals surface area contributed by atoms with Crippen LogP contribution in [0.4, 0.5) is 16.3 Å². The van der Waals surface area contributed by atoms with Gasteiger partial charge in [0.2, 0.25) is 5.91 Å². The lowest BCUT2D eigenvalue weighted by Gasteiger charge is -2.32. The molecule has 1 fully saturated rings. The summed E-state index contributed by atoms with van der Waals surface area (Å²) >= 11 is 6.10. The molecule has 2 N–H and O–H groups in total. The van der Waals surface area contributed by atoms with Crippen LogP contribution in [-0.2, 0) is 11.3 Å². The Morgan fingerprint density at radius 2 is 1.90 bits per heavy atom. The highest BCUT2D eigenvalue weighted by Crippen LogP contribution is 2.26. The van der Waals surface area contributed by atoms with Gasteiger partial charge in [0.25, 0.3) is 0 Å². The van der Waals surface area contributed by atoms with Gasteiger partial charge >= 0.3 is 6.03 Å². The van der Waals surface area contributed by atoms with Crippen LogP contribution in [0.15, 0.2) is 48.8 Å². The molecule has 1 aliphatic heterocycles. The Morgan fingerprint density at radius 1 is 1.13 bits per heavy atom. The molecule has 0 atom stereocenters. The molecule has 31 heavy (non-hydrogen) atoms. The van der Waals surface area contributed by atoms with Gasteiger partial charge in [-0.1, -0.05) is 23.7 Å². The van der Waals surface area contributed by atoms with E-state index in [9.17, 15) is 9.59 Å². The van der Waals surface area contributed by atoms with E-state index in [1.54, 1.807) is 41.2 Å². The summed E-state index contributed by atoms with van der Waals surface area (Å²) in [5.74, 6) is 0.654. The van der Waals surface area contributed by atoms with E-state index in [0.29, 0.717) is 29.6 Å². The number of carbonyl (C=O) groups excluding carboxylic acids is 2. The molecule has 3 heterocycles. The Labute approximate surface area is 185 Å². The van der Waals surface area contributed by atoms with Gasteiger partial charge in [0.05, 0.1) is 28.6 Å². The van der Waals surface area contributed by atoms with E-state index in [-0.39, 0.29) is 18.5 Å². The van der Waals surface area contributed by atoms with Gasteiger partial charge in [0.15, 0.2) is 0 Å². The standard InChI is InChI=1S/C21H24ClN7O2/c1-15-7-13-28(26-15)14-20(30)27-11-8-16(9-12-27)29-19(6-10-23-29)25-21(31)24-18-5-3-2-4-17(18)22/h2-7,10,13,16H,8-9,11-12,14H2,1H3,(H2,24,25,31). The summed E-state index contributed by atoms with van der Waals surface area (Å²) in [5.41, 5.74) is 1.43. The van der Waals surface area contributed by atoms with Gasteiger partial charge in [-0.3, -0.25) is 14.8 Å². The topological polar surface area (TPSA) is 97.1 Å². The van der Waals surface area contributed by atoms with Crippen molar-refractivity contribution in [3.63, 3.8) is 0 Å². The first-order valence-corrected chi connectivity index (χ1v) is 10.5. The second kappa shape index (κ2) is 9.22. The Balaban J connectivity index is 1.32. The van der Waals surface area contributed by atoms with Gasteiger partial charge in [-0.15, -0.1) is 0 Å². The minimum atomic E-state index is -0.392. The molecule has 9 nitrogen and oxygen atoms in total. The predicted molar refractivity (Wildman–Crippen MR) is 118 cm³/mol. The van der Waals surface area contributed by atoms with Crippen molar-refractivity contribution in [2.45, 2.75) is 32.4 Å². The zero-order valence-electron chi connectivity index (χ0n) is 17.2. The summed E-state index contributed by atoms with van der Waals surface area (Å²) in [5, 5.41) is 14.7. The van der Waals surface area contributed by atoms with Gasteiger partial charge in [0.1, 0.15) is 12.4 Å². The number of benzene rings is 1. The molecule has 1 saturated heterocycles. The van der Waals surface area contributed by atoms with Crippen molar-refractivity contribution in [3.05, 3.63) is 59.5 Å². The zero-order valence-corrected chi connectivity index (χ0v) is 17.9. The van der Waals surface area contributed by atoms with Gasteiger partial charge in [-0.2, -0.15) is 10.2 Å². The molecule has 0 aliphatic carbocycles. The summed E-state index contributed by atoms with van der Waals surface area (Å²) in [4.78, 5) is 26.8. The van der Waals surface area contributed by atoms with E-state index in [0.717, 1.165) is 18.5 Å².